The van der Waals surface area contributed by atoms with Crippen molar-refractivity contribution in [3.8, 4) is 0 Å². The molecule has 5 aliphatic rings. The maximum atomic E-state index is 14.3. The maximum Gasteiger partial charge on any atom is 0.312 e. The number of esters is 1. The van der Waals surface area contributed by atoms with Crippen LogP contribution in [0.1, 0.15) is 99.3 Å². The molecule has 5 rings (SSSR count). The molecule has 0 aromatic heterocycles. The van der Waals surface area contributed by atoms with E-state index in [1.54, 1.807) is 0 Å². The van der Waals surface area contributed by atoms with E-state index in [4.69, 9.17) is 4.74 Å². The fraction of sp³-hybridized carbons (Fsp3) is 0.839. The molecule has 5 nitrogen and oxygen atoms in total. The molecule has 0 heterocycles. The third-order valence-corrected chi connectivity index (χ3v) is 12.9. The lowest BCUT2D eigenvalue weighted by atomic mass is 9.34. The van der Waals surface area contributed by atoms with Crippen molar-refractivity contribution in [1.29, 1.82) is 0 Å². The van der Waals surface area contributed by atoms with E-state index in [0.717, 1.165) is 51.4 Å². The summed E-state index contributed by atoms with van der Waals surface area (Å²) in [5.74, 6) is 0.0230. The second-order valence-electron chi connectivity index (χ2n) is 14.8. The summed E-state index contributed by atoms with van der Waals surface area (Å²) >= 11 is 0. The molecule has 0 aromatic carbocycles. The zero-order valence-electron chi connectivity index (χ0n) is 23.5. The molecular weight excluding hydrogens is 452 g/mol. The quantitative estimate of drug-likeness (QED) is 0.495. The standard InChI is InChI=1S/C31H46O5/c1-26(2)12-14-31(25(35)36-7)15-13-30(6)24(19(31)17-26)20(33)16-22-27(3)10-9-23(34)28(4,18-32)21(27)8-11-29(22,30)5/h16,19,21,24,32H,8-15,17-18H2,1-7H3/t19?,21-,24?,27+,28+,29-,30-,31+/m1/s1. The van der Waals surface area contributed by atoms with Crippen LogP contribution < -0.4 is 0 Å². The van der Waals surface area contributed by atoms with E-state index in [1.807, 2.05) is 13.0 Å². The molecule has 8 atom stereocenters. The Morgan fingerprint density at radius 1 is 1.00 bits per heavy atom. The summed E-state index contributed by atoms with van der Waals surface area (Å²) in [6.45, 7) is 13.3. The van der Waals surface area contributed by atoms with Crippen molar-refractivity contribution in [1.82, 2.24) is 0 Å². The van der Waals surface area contributed by atoms with Gasteiger partial charge in [-0.25, -0.2) is 0 Å². The van der Waals surface area contributed by atoms with E-state index < -0.39 is 10.8 Å². The van der Waals surface area contributed by atoms with Crippen molar-refractivity contribution in [2.75, 3.05) is 13.7 Å². The van der Waals surface area contributed by atoms with Gasteiger partial charge in [-0.3, -0.25) is 14.4 Å². The molecule has 0 saturated heterocycles. The summed E-state index contributed by atoms with van der Waals surface area (Å²) in [6, 6.07) is 0. The number of methoxy groups -OCH3 is 1. The Labute approximate surface area is 216 Å². The average Bonchev–Trinajstić information content (AvgIpc) is 2.82. The second-order valence-corrected chi connectivity index (χ2v) is 14.8. The number of fused-ring (bicyclic) bond motifs is 7. The number of aliphatic hydroxyl groups excluding tert-OH is 1. The molecule has 36 heavy (non-hydrogen) atoms. The van der Waals surface area contributed by atoms with Crippen molar-refractivity contribution >= 4 is 17.5 Å². The number of Topliss-reactive ketones (excluding diaryl/α,β-unsaturated/α-hetero) is 1. The van der Waals surface area contributed by atoms with Gasteiger partial charge in [-0.1, -0.05) is 47.1 Å². The van der Waals surface area contributed by atoms with Crippen LogP contribution in [-0.4, -0.2) is 36.4 Å². The first-order valence-corrected chi connectivity index (χ1v) is 14.1. The number of rotatable bonds is 2. The van der Waals surface area contributed by atoms with Crippen molar-refractivity contribution in [3.63, 3.8) is 0 Å². The molecule has 0 bridgehead atoms. The number of hydrogen-bond acceptors (Lipinski definition) is 5. The third kappa shape index (κ3) is 3.01. The zero-order chi connectivity index (χ0) is 26.5. The van der Waals surface area contributed by atoms with Gasteiger partial charge in [0, 0.05) is 12.3 Å². The van der Waals surface area contributed by atoms with Gasteiger partial charge < -0.3 is 9.84 Å². The first-order valence-electron chi connectivity index (χ1n) is 14.1. The Kier molecular flexibility index (Phi) is 5.64. The summed E-state index contributed by atoms with van der Waals surface area (Å²) < 4.78 is 5.41. The van der Waals surface area contributed by atoms with Gasteiger partial charge in [0.05, 0.1) is 24.5 Å². The normalized spacial score (nSPS) is 49.7. The topological polar surface area (TPSA) is 80.7 Å². The number of ketones is 2. The van der Waals surface area contributed by atoms with E-state index in [-0.39, 0.29) is 63.6 Å². The largest absolute Gasteiger partial charge is 0.469 e. The van der Waals surface area contributed by atoms with Crippen molar-refractivity contribution in [2.45, 2.75) is 99.3 Å². The van der Waals surface area contributed by atoms with Crippen molar-refractivity contribution < 1.29 is 24.2 Å². The van der Waals surface area contributed by atoms with Crippen LogP contribution in [-0.2, 0) is 19.1 Å². The summed E-state index contributed by atoms with van der Waals surface area (Å²) in [4.78, 5) is 40.7. The Hall–Kier alpha value is -1.49. The lowest BCUT2D eigenvalue weighted by Crippen LogP contribution is -2.66. The van der Waals surface area contributed by atoms with Crippen LogP contribution in [0, 0.1) is 50.2 Å². The summed E-state index contributed by atoms with van der Waals surface area (Å²) in [6.07, 6.45) is 9.18. The number of hydrogen-bond donors (Lipinski definition) is 1. The van der Waals surface area contributed by atoms with Crippen molar-refractivity contribution in [3.05, 3.63) is 11.6 Å². The zero-order valence-corrected chi connectivity index (χ0v) is 23.5. The highest BCUT2D eigenvalue weighted by molar-refractivity contribution is 5.96. The minimum atomic E-state index is -0.754. The summed E-state index contributed by atoms with van der Waals surface area (Å²) in [7, 11) is 1.49. The van der Waals surface area contributed by atoms with Crippen LogP contribution in [0.4, 0.5) is 0 Å². The van der Waals surface area contributed by atoms with Gasteiger partial charge >= 0.3 is 5.97 Å². The molecule has 5 aliphatic carbocycles. The smallest absolute Gasteiger partial charge is 0.312 e. The fourth-order valence-electron chi connectivity index (χ4n) is 10.4. The van der Waals surface area contributed by atoms with Crippen LogP contribution in [0.5, 0.6) is 0 Å². The third-order valence-electron chi connectivity index (χ3n) is 12.9. The lowest BCUT2D eigenvalue weighted by molar-refractivity contribution is -0.193. The molecule has 0 radical (unpaired) electrons. The van der Waals surface area contributed by atoms with E-state index >= 15 is 0 Å². The van der Waals surface area contributed by atoms with Gasteiger partial charge in [-0.05, 0) is 90.9 Å². The minimum absolute atomic E-state index is 0.0178. The first-order chi connectivity index (χ1) is 16.7. The molecule has 1 N–H and O–H groups in total. The van der Waals surface area contributed by atoms with Crippen LogP contribution in [0.15, 0.2) is 11.6 Å². The Morgan fingerprint density at radius 2 is 1.67 bits per heavy atom. The highest BCUT2D eigenvalue weighted by Crippen LogP contribution is 2.75. The van der Waals surface area contributed by atoms with Crippen molar-refractivity contribution in [2.24, 2.45) is 50.2 Å². The molecule has 2 unspecified atom stereocenters. The predicted molar refractivity (Wildman–Crippen MR) is 138 cm³/mol. The van der Waals surface area contributed by atoms with Crippen LogP contribution in [0.25, 0.3) is 0 Å². The van der Waals surface area contributed by atoms with E-state index in [0.29, 0.717) is 6.42 Å². The molecule has 5 heteroatoms. The molecular formula is C31H46O5. The number of ether oxygens (including phenoxy) is 1. The minimum Gasteiger partial charge on any atom is -0.469 e. The number of allylic oxidation sites excluding steroid dienone is 2. The van der Waals surface area contributed by atoms with Crippen LogP contribution in [0.3, 0.4) is 0 Å². The van der Waals surface area contributed by atoms with E-state index in [1.165, 1.54) is 12.7 Å². The number of carbonyl (C=O) groups excluding carboxylic acids is 3. The number of carbonyl (C=O) groups is 3. The van der Waals surface area contributed by atoms with Gasteiger partial charge in [0.2, 0.25) is 0 Å². The van der Waals surface area contributed by atoms with Gasteiger partial charge in [0.25, 0.3) is 0 Å². The molecule has 0 aromatic rings. The highest BCUT2D eigenvalue weighted by Gasteiger charge is 2.71. The second kappa shape index (κ2) is 7.77. The SMILES string of the molecule is COC(=O)[C@]12CCC(C)(C)CC1C1C(=O)C=C3[C@@]4(C)CCC(=O)[C@@](C)(CO)[C@@H]4CC[C@@]3(C)[C@]1(C)CC2. The Balaban J connectivity index is 1.65. The Morgan fingerprint density at radius 3 is 2.31 bits per heavy atom. The Bertz CT molecular complexity index is 1040. The summed E-state index contributed by atoms with van der Waals surface area (Å²) in [5.41, 5.74) is -0.753. The molecule has 0 amide bonds. The fourth-order valence-corrected chi connectivity index (χ4v) is 10.4. The number of aliphatic hydroxyl groups is 1. The molecule has 0 aliphatic heterocycles. The predicted octanol–water partition coefficient (Wildman–Crippen LogP) is 5.68. The highest BCUT2D eigenvalue weighted by atomic mass is 16.5. The van der Waals surface area contributed by atoms with Crippen LogP contribution in [0.2, 0.25) is 0 Å². The average molecular weight is 499 g/mol. The van der Waals surface area contributed by atoms with E-state index in [2.05, 4.69) is 34.6 Å². The van der Waals surface area contributed by atoms with Gasteiger partial charge in [0.1, 0.15) is 5.78 Å². The molecule has 4 saturated carbocycles. The molecule has 0 spiro atoms. The monoisotopic (exact) mass is 498 g/mol. The maximum absolute atomic E-state index is 14.3. The molecule has 200 valence electrons. The van der Waals surface area contributed by atoms with Crippen LogP contribution >= 0.6 is 0 Å². The lowest BCUT2D eigenvalue weighted by Gasteiger charge is -2.69. The van der Waals surface area contributed by atoms with Gasteiger partial charge in [-0.2, -0.15) is 0 Å². The van der Waals surface area contributed by atoms with E-state index in [9.17, 15) is 19.5 Å². The molecule has 4 fully saturated rings. The summed E-state index contributed by atoms with van der Waals surface area (Å²) in [5, 5.41) is 10.4. The first kappa shape index (κ1) is 26.1. The van der Waals surface area contributed by atoms with Gasteiger partial charge in [0.15, 0.2) is 5.78 Å². The van der Waals surface area contributed by atoms with Gasteiger partial charge in [-0.15, -0.1) is 0 Å².